The standard InChI is InChI=1S/C51H38BN3/c1-51(2)40-21-9-13-25-44(40)53(45-26-14-10-22-41(45)51)39-31-29-35(30-32-39)36-33-48-50-49(34-36)55(38-19-7-4-8-20-38)47-28-16-12-24-43(47)52(50)42-23-11-15-27-46(42)54(48)37-17-5-3-6-18-37/h3-34H,1-2H3. The second kappa shape index (κ2) is 12.1. The Morgan fingerprint density at radius 2 is 0.727 bits per heavy atom. The lowest BCUT2D eigenvalue weighted by Crippen LogP contribution is -2.61. The van der Waals surface area contributed by atoms with Crippen molar-refractivity contribution in [3.63, 3.8) is 0 Å². The van der Waals surface area contributed by atoms with Gasteiger partial charge in [0.2, 0.25) is 0 Å². The van der Waals surface area contributed by atoms with Crippen molar-refractivity contribution in [1.82, 2.24) is 0 Å². The molecule has 0 unspecified atom stereocenters. The van der Waals surface area contributed by atoms with E-state index < -0.39 is 0 Å². The number of benzene rings is 8. The number of rotatable bonds is 4. The molecule has 55 heavy (non-hydrogen) atoms. The summed E-state index contributed by atoms with van der Waals surface area (Å²) in [4.78, 5) is 7.38. The lowest BCUT2D eigenvalue weighted by molar-refractivity contribution is 0.632. The summed E-state index contributed by atoms with van der Waals surface area (Å²) in [6.07, 6.45) is 0. The molecule has 8 aromatic rings. The average molecular weight is 704 g/mol. The molecule has 3 heterocycles. The van der Waals surface area contributed by atoms with Crippen LogP contribution >= 0.6 is 0 Å². The molecule has 0 aliphatic carbocycles. The highest BCUT2D eigenvalue weighted by Gasteiger charge is 2.43. The van der Waals surface area contributed by atoms with Crippen LogP contribution in [0.4, 0.5) is 51.2 Å². The summed E-state index contributed by atoms with van der Waals surface area (Å²) in [5.74, 6) is 0. The third-order valence-corrected chi connectivity index (χ3v) is 12.0. The van der Waals surface area contributed by atoms with Gasteiger partial charge < -0.3 is 14.7 Å². The minimum absolute atomic E-state index is 0.0947. The maximum atomic E-state index is 2.48. The predicted molar refractivity (Wildman–Crippen MR) is 233 cm³/mol. The molecular weight excluding hydrogens is 665 g/mol. The number of para-hydroxylation sites is 6. The molecule has 0 radical (unpaired) electrons. The fourth-order valence-corrected chi connectivity index (χ4v) is 9.52. The number of hydrogen-bond acceptors (Lipinski definition) is 3. The van der Waals surface area contributed by atoms with Crippen LogP contribution < -0.4 is 31.1 Å². The van der Waals surface area contributed by atoms with Gasteiger partial charge in [-0.2, -0.15) is 0 Å². The topological polar surface area (TPSA) is 9.72 Å². The van der Waals surface area contributed by atoms with E-state index in [4.69, 9.17) is 0 Å². The molecule has 0 aromatic heterocycles. The van der Waals surface area contributed by atoms with Crippen molar-refractivity contribution < 1.29 is 0 Å². The zero-order valence-electron chi connectivity index (χ0n) is 30.9. The van der Waals surface area contributed by atoms with Gasteiger partial charge in [-0.15, -0.1) is 0 Å². The van der Waals surface area contributed by atoms with E-state index in [0.29, 0.717) is 0 Å². The van der Waals surface area contributed by atoms with E-state index in [0.717, 1.165) is 17.1 Å². The molecule has 11 rings (SSSR count). The summed E-state index contributed by atoms with van der Waals surface area (Å²) in [5.41, 5.74) is 19.7. The third kappa shape index (κ3) is 4.71. The minimum atomic E-state index is -0.0987. The van der Waals surface area contributed by atoms with Gasteiger partial charge >= 0.3 is 0 Å². The zero-order chi connectivity index (χ0) is 36.7. The van der Waals surface area contributed by atoms with Gasteiger partial charge in [-0.1, -0.05) is 135 Å². The Labute approximate surface area is 323 Å². The first-order valence-corrected chi connectivity index (χ1v) is 19.2. The number of nitrogens with zero attached hydrogens (tertiary/aromatic N) is 3. The Hall–Kier alpha value is -6.78. The van der Waals surface area contributed by atoms with E-state index in [1.165, 1.54) is 72.8 Å². The molecule has 0 amide bonds. The van der Waals surface area contributed by atoms with Crippen molar-refractivity contribution in [2.24, 2.45) is 0 Å². The highest BCUT2D eigenvalue weighted by atomic mass is 15.2. The first-order chi connectivity index (χ1) is 27.1. The van der Waals surface area contributed by atoms with Crippen LogP contribution in [-0.2, 0) is 5.41 Å². The van der Waals surface area contributed by atoms with E-state index in [2.05, 4.69) is 223 Å². The van der Waals surface area contributed by atoms with Crippen LogP contribution in [-0.4, -0.2) is 6.71 Å². The first-order valence-electron chi connectivity index (χ1n) is 19.2. The zero-order valence-corrected chi connectivity index (χ0v) is 30.9. The van der Waals surface area contributed by atoms with Gasteiger partial charge in [0, 0.05) is 45.2 Å². The summed E-state index contributed by atoms with van der Waals surface area (Å²) in [5, 5.41) is 0. The molecule has 8 aromatic carbocycles. The van der Waals surface area contributed by atoms with E-state index in [1.807, 2.05) is 0 Å². The van der Waals surface area contributed by atoms with Crippen LogP contribution in [0, 0.1) is 0 Å². The van der Waals surface area contributed by atoms with Crippen LogP contribution in [0.25, 0.3) is 11.1 Å². The Morgan fingerprint density at radius 1 is 0.345 bits per heavy atom. The molecule has 0 saturated carbocycles. The lowest BCUT2D eigenvalue weighted by atomic mass is 9.33. The molecule has 0 saturated heterocycles. The molecule has 0 spiro atoms. The van der Waals surface area contributed by atoms with Crippen molar-refractivity contribution in [3.05, 3.63) is 205 Å². The Balaban J connectivity index is 1.13. The van der Waals surface area contributed by atoms with Crippen molar-refractivity contribution in [1.29, 1.82) is 0 Å². The quantitative estimate of drug-likeness (QED) is 0.169. The highest BCUT2D eigenvalue weighted by molar-refractivity contribution is 7.00. The Morgan fingerprint density at radius 3 is 1.22 bits per heavy atom. The van der Waals surface area contributed by atoms with Gasteiger partial charge in [-0.25, -0.2) is 0 Å². The molecule has 3 nitrogen and oxygen atoms in total. The summed E-state index contributed by atoms with van der Waals surface area (Å²) in [6, 6.07) is 71.4. The fourth-order valence-electron chi connectivity index (χ4n) is 9.52. The molecule has 0 N–H and O–H groups in total. The maximum Gasteiger partial charge on any atom is 0.252 e. The normalized spacial score (nSPS) is 14.4. The molecule has 4 heteroatoms. The van der Waals surface area contributed by atoms with Crippen LogP contribution in [0.2, 0.25) is 0 Å². The van der Waals surface area contributed by atoms with Gasteiger partial charge in [0.05, 0.1) is 11.4 Å². The molecule has 260 valence electrons. The van der Waals surface area contributed by atoms with E-state index in [1.54, 1.807) is 0 Å². The van der Waals surface area contributed by atoms with Crippen molar-refractivity contribution in [2.75, 3.05) is 14.7 Å². The van der Waals surface area contributed by atoms with Crippen molar-refractivity contribution in [2.45, 2.75) is 19.3 Å². The lowest BCUT2D eigenvalue weighted by Gasteiger charge is -2.44. The van der Waals surface area contributed by atoms with Crippen molar-refractivity contribution >= 4 is 74.3 Å². The highest BCUT2D eigenvalue weighted by Crippen LogP contribution is 2.52. The molecule has 0 bridgehead atoms. The molecule has 3 aliphatic heterocycles. The smallest absolute Gasteiger partial charge is 0.252 e. The maximum absolute atomic E-state index is 2.48. The summed E-state index contributed by atoms with van der Waals surface area (Å²) >= 11 is 0. The van der Waals surface area contributed by atoms with Gasteiger partial charge in [0.15, 0.2) is 0 Å². The Kier molecular flexibility index (Phi) is 6.99. The second-order valence-corrected chi connectivity index (χ2v) is 15.4. The van der Waals surface area contributed by atoms with E-state index in [-0.39, 0.29) is 12.1 Å². The SMILES string of the molecule is CC1(C)c2ccccc2N(c2ccc(-c3cc4c5c(c3)N(c3ccccc3)c3ccccc3B5c3ccccc3N4c3ccccc3)cc2)c2ccccc21. The summed E-state index contributed by atoms with van der Waals surface area (Å²) < 4.78 is 0. The summed E-state index contributed by atoms with van der Waals surface area (Å²) in [7, 11) is 0. The monoisotopic (exact) mass is 703 g/mol. The van der Waals surface area contributed by atoms with E-state index in [9.17, 15) is 0 Å². The first kappa shape index (κ1) is 31.7. The summed E-state index contributed by atoms with van der Waals surface area (Å²) in [6.45, 7) is 4.77. The van der Waals surface area contributed by atoms with Crippen LogP contribution in [0.5, 0.6) is 0 Å². The third-order valence-electron chi connectivity index (χ3n) is 12.0. The number of hydrogen-bond donors (Lipinski definition) is 0. The average Bonchev–Trinajstić information content (AvgIpc) is 3.24. The van der Waals surface area contributed by atoms with Gasteiger partial charge in [0.1, 0.15) is 0 Å². The van der Waals surface area contributed by atoms with Gasteiger partial charge in [0.25, 0.3) is 6.71 Å². The molecule has 0 atom stereocenters. The second-order valence-electron chi connectivity index (χ2n) is 15.4. The van der Waals surface area contributed by atoms with Crippen LogP contribution in [0.15, 0.2) is 194 Å². The molecular formula is C51H38BN3. The van der Waals surface area contributed by atoms with Gasteiger partial charge in [-0.3, -0.25) is 0 Å². The minimum Gasteiger partial charge on any atom is -0.311 e. The molecule has 3 aliphatic rings. The van der Waals surface area contributed by atoms with Crippen LogP contribution in [0.1, 0.15) is 25.0 Å². The number of fused-ring (bicyclic) bond motifs is 6. The van der Waals surface area contributed by atoms with Crippen molar-refractivity contribution in [3.8, 4) is 11.1 Å². The fraction of sp³-hybridized carbons (Fsp3) is 0.0588. The largest absolute Gasteiger partial charge is 0.311 e. The van der Waals surface area contributed by atoms with Crippen LogP contribution in [0.3, 0.4) is 0 Å². The predicted octanol–water partition coefficient (Wildman–Crippen LogP) is 11.5. The van der Waals surface area contributed by atoms with E-state index >= 15 is 0 Å². The number of anilines is 9. The Bertz CT molecular complexity index is 2600. The van der Waals surface area contributed by atoms with Gasteiger partial charge in [-0.05, 0) is 111 Å². The molecule has 0 fully saturated rings.